The molecule has 3 aromatic rings. The van der Waals surface area contributed by atoms with Gasteiger partial charge in [0, 0.05) is 10.6 Å². The van der Waals surface area contributed by atoms with E-state index < -0.39 is 8.15 Å². The fourth-order valence-corrected chi connectivity index (χ4v) is 5.00. The smallest absolute Gasteiger partial charge is 0.0925 e. The number of rotatable bonds is 8. The van der Waals surface area contributed by atoms with Gasteiger partial charge in [0.15, 0.2) is 0 Å². The summed E-state index contributed by atoms with van der Waals surface area (Å²) >= 11 is 0. The first-order valence-corrected chi connectivity index (χ1v) is 10.6. The number of hydrogen-bond acceptors (Lipinski definition) is 1. The molecule has 0 spiro atoms. The summed E-state index contributed by atoms with van der Waals surface area (Å²) in [4.78, 5) is 0. The lowest BCUT2D eigenvalue weighted by atomic mass is 9.94. The van der Waals surface area contributed by atoms with Crippen molar-refractivity contribution < 1.29 is 4.52 Å². The van der Waals surface area contributed by atoms with Crippen molar-refractivity contribution in [2.75, 3.05) is 0 Å². The average molecular weight is 362 g/mol. The molecule has 3 rings (SSSR count). The van der Waals surface area contributed by atoms with Gasteiger partial charge in [-0.1, -0.05) is 97.9 Å². The van der Waals surface area contributed by atoms with Crippen molar-refractivity contribution in [3.8, 4) is 0 Å². The van der Waals surface area contributed by atoms with Gasteiger partial charge in [0.2, 0.25) is 0 Å². The van der Waals surface area contributed by atoms with Crippen LogP contribution < -0.4 is 10.6 Å². The van der Waals surface area contributed by atoms with Gasteiger partial charge in [0.25, 0.3) is 0 Å². The first kappa shape index (κ1) is 18.8. The Morgan fingerprint density at radius 3 is 1.65 bits per heavy atom. The van der Waals surface area contributed by atoms with Gasteiger partial charge in [0.1, 0.15) is 0 Å². The maximum atomic E-state index is 6.85. The summed E-state index contributed by atoms with van der Waals surface area (Å²) < 4.78 is 6.85. The van der Waals surface area contributed by atoms with Crippen LogP contribution in [0.15, 0.2) is 91.0 Å². The van der Waals surface area contributed by atoms with Crippen molar-refractivity contribution in [1.29, 1.82) is 0 Å². The summed E-state index contributed by atoms with van der Waals surface area (Å²) in [5.41, 5.74) is 1.23. The van der Waals surface area contributed by atoms with Gasteiger partial charge >= 0.3 is 0 Å². The second-order valence-electron chi connectivity index (χ2n) is 6.85. The van der Waals surface area contributed by atoms with E-state index in [9.17, 15) is 0 Å². The van der Waals surface area contributed by atoms with Crippen molar-refractivity contribution in [1.82, 2.24) is 0 Å². The largest absolute Gasteiger partial charge is 0.344 e. The third kappa shape index (κ3) is 5.04. The van der Waals surface area contributed by atoms with Crippen LogP contribution in [0.1, 0.15) is 32.3 Å². The van der Waals surface area contributed by atoms with Crippen molar-refractivity contribution in [2.24, 2.45) is 0 Å². The minimum absolute atomic E-state index is 0.146. The first-order chi connectivity index (χ1) is 12.7. The Morgan fingerprint density at radius 1 is 0.731 bits per heavy atom. The molecule has 1 nitrogen and oxygen atoms in total. The predicted octanol–water partition coefficient (Wildman–Crippen LogP) is 5.85. The summed E-state index contributed by atoms with van der Waals surface area (Å²) in [6, 6.07) is 32.0. The number of benzene rings is 3. The van der Waals surface area contributed by atoms with E-state index in [0.717, 1.165) is 19.3 Å². The van der Waals surface area contributed by atoms with E-state index in [0.29, 0.717) is 0 Å². The second-order valence-corrected chi connectivity index (χ2v) is 8.65. The third-order valence-electron chi connectivity index (χ3n) is 4.83. The van der Waals surface area contributed by atoms with E-state index in [2.05, 4.69) is 105 Å². The summed E-state index contributed by atoms with van der Waals surface area (Å²) in [6.45, 7) is 4.49. The van der Waals surface area contributed by atoms with Crippen molar-refractivity contribution in [3.05, 3.63) is 96.6 Å². The van der Waals surface area contributed by atoms with E-state index >= 15 is 0 Å². The van der Waals surface area contributed by atoms with Gasteiger partial charge in [-0.3, -0.25) is 0 Å². The Bertz CT molecular complexity index is 734. The van der Waals surface area contributed by atoms with Crippen LogP contribution in [-0.2, 0) is 10.9 Å². The predicted molar refractivity (Wildman–Crippen MR) is 114 cm³/mol. The van der Waals surface area contributed by atoms with Gasteiger partial charge in [-0.05, 0) is 31.7 Å². The van der Waals surface area contributed by atoms with Crippen LogP contribution in [-0.4, -0.2) is 5.60 Å². The molecule has 0 aliphatic heterocycles. The van der Waals surface area contributed by atoms with Crippen LogP contribution >= 0.6 is 8.15 Å². The van der Waals surface area contributed by atoms with Gasteiger partial charge in [0.05, 0.1) is 13.7 Å². The Labute approximate surface area is 158 Å². The molecule has 0 bridgehead atoms. The van der Waals surface area contributed by atoms with Gasteiger partial charge in [-0.2, -0.15) is 0 Å². The lowest BCUT2D eigenvalue weighted by Gasteiger charge is -2.34. The highest BCUT2D eigenvalue weighted by Gasteiger charge is 2.29. The van der Waals surface area contributed by atoms with Crippen LogP contribution in [0.3, 0.4) is 0 Å². The second kappa shape index (κ2) is 9.12. The molecule has 0 unspecified atom stereocenters. The molecular formula is C24H27OP. The Balaban J connectivity index is 1.81. The molecule has 134 valence electrons. The zero-order chi connectivity index (χ0) is 18.2. The summed E-state index contributed by atoms with van der Waals surface area (Å²) in [6.07, 6.45) is 3.06. The minimum Gasteiger partial charge on any atom is -0.344 e. The molecular weight excluding hydrogens is 335 g/mol. The maximum Gasteiger partial charge on any atom is 0.0925 e. The van der Waals surface area contributed by atoms with E-state index in [-0.39, 0.29) is 5.60 Å². The molecule has 0 aliphatic carbocycles. The van der Waals surface area contributed by atoms with Crippen molar-refractivity contribution in [3.63, 3.8) is 0 Å². The molecule has 0 heterocycles. The van der Waals surface area contributed by atoms with Gasteiger partial charge < -0.3 is 4.52 Å². The van der Waals surface area contributed by atoms with Crippen molar-refractivity contribution >= 4 is 18.8 Å². The minimum atomic E-state index is -0.825. The van der Waals surface area contributed by atoms with Crippen LogP contribution in [0, 0.1) is 0 Å². The molecule has 3 aromatic carbocycles. The molecule has 0 aromatic heterocycles. The summed E-state index contributed by atoms with van der Waals surface area (Å²) in [7, 11) is -0.825. The molecule has 0 radical (unpaired) electrons. The maximum absolute atomic E-state index is 6.85. The summed E-state index contributed by atoms with van der Waals surface area (Å²) in [5, 5.41) is 2.54. The van der Waals surface area contributed by atoms with Crippen LogP contribution in [0.2, 0.25) is 0 Å². The fourth-order valence-electron chi connectivity index (χ4n) is 2.94. The Morgan fingerprint density at radius 2 is 1.19 bits per heavy atom. The van der Waals surface area contributed by atoms with Crippen LogP contribution in [0.25, 0.3) is 0 Å². The first-order valence-electron chi connectivity index (χ1n) is 9.33. The lowest BCUT2D eigenvalue weighted by molar-refractivity contribution is 0.0944. The molecule has 1 atom stereocenters. The van der Waals surface area contributed by atoms with Gasteiger partial charge in [-0.15, -0.1) is 0 Å². The van der Waals surface area contributed by atoms with Crippen molar-refractivity contribution in [2.45, 2.75) is 38.7 Å². The molecule has 0 saturated heterocycles. The Kier molecular flexibility index (Phi) is 6.61. The third-order valence-corrected chi connectivity index (χ3v) is 6.98. The quantitative estimate of drug-likeness (QED) is 0.457. The molecule has 0 N–H and O–H groups in total. The highest BCUT2D eigenvalue weighted by Crippen LogP contribution is 2.42. The molecule has 0 aliphatic rings. The lowest BCUT2D eigenvalue weighted by Crippen LogP contribution is -2.30. The van der Waals surface area contributed by atoms with E-state index in [1.807, 2.05) is 0 Å². The SMILES string of the molecule is CC[C@@](C)(CCc1ccccc1)OP(c1ccccc1)c1ccccc1. The fraction of sp³-hybridized carbons (Fsp3) is 0.250. The topological polar surface area (TPSA) is 9.23 Å². The average Bonchev–Trinajstić information content (AvgIpc) is 2.73. The van der Waals surface area contributed by atoms with Crippen LogP contribution in [0.4, 0.5) is 0 Å². The molecule has 0 fully saturated rings. The standard InChI is InChI=1S/C24H27OP/c1-3-24(2,20-19-21-13-7-4-8-14-21)25-26(22-15-9-5-10-16-22)23-17-11-6-12-18-23/h4-18H,3,19-20H2,1-2H3/t24-/m0/s1. The monoisotopic (exact) mass is 362 g/mol. The molecule has 0 amide bonds. The normalized spacial score (nSPS) is 13.5. The number of hydrogen-bond donors (Lipinski definition) is 0. The van der Waals surface area contributed by atoms with E-state index in [4.69, 9.17) is 4.52 Å². The van der Waals surface area contributed by atoms with Gasteiger partial charge in [-0.25, -0.2) is 0 Å². The number of aryl methyl sites for hydroxylation is 1. The van der Waals surface area contributed by atoms with E-state index in [1.54, 1.807) is 0 Å². The zero-order valence-electron chi connectivity index (χ0n) is 15.6. The van der Waals surface area contributed by atoms with E-state index in [1.165, 1.54) is 16.2 Å². The summed E-state index contributed by atoms with van der Waals surface area (Å²) in [5.74, 6) is 0. The highest BCUT2D eigenvalue weighted by atomic mass is 31.1. The molecule has 2 heteroatoms. The highest BCUT2D eigenvalue weighted by molar-refractivity contribution is 7.68. The Hall–Kier alpha value is -1.95. The molecule has 0 saturated carbocycles. The molecule has 26 heavy (non-hydrogen) atoms. The zero-order valence-corrected chi connectivity index (χ0v) is 16.5. The van der Waals surface area contributed by atoms with Crippen LogP contribution in [0.5, 0.6) is 0 Å².